The summed E-state index contributed by atoms with van der Waals surface area (Å²) in [6.45, 7) is 3.16. The van der Waals surface area contributed by atoms with Gasteiger partial charge in [-0.15, -0.1) is 12.4 Å². The van der Waals surface area contributed by atoms with Gasteiger partial charge in [-0.1, -0.05) is 183 Å². The second kappa shape index (κ2) is 31.7. The number of aliphatic hydroxyl groups excluding tert-OH is 3. The van der Waals surface area contributed by atoms with Crippen LogP contribution in [0.25, 0.3) is 0 Å². The van der Waals surface area contributed by atoms with Crippen LogP contribution in [0.2, 0.25) is 0 Å². The Morgan fingerprint density at radius 3 is 0.928 bits per heavy atom. The molecule has 11 N–H and O–H groups in total. The molecule has 3 aromatic heterocycles. The maximum absolute atomic E-state index is 13.8. The number of halogens is 4. The Bertz CT molecular complexity index is 4660. The third-order valence-corrected chi connectivity index (χ3v) is 24.0. The van der Waals surface area contributed by atoms with E-state index in [-0.39, 0.29) is 83.4 Å². The lowest BCUT2D eigenvalue weighted by Crippen LogP contribution is -2.53. The van der Waals surface area contributed by atoms with Crippen LogP contribution >= 0.6 is 60.2 Å². The van der Waals surface area contributed by atoms with Crippen molar-refractivity contribution in [2.24, 2.45) is 23.5 Å². The van der Waals surface area contributed by atoms with E-state index >= 15 is 0 Å². The summed E-state index contributed by atoms with van der Waals surface area (Å²) < 4.78 is 54.1. The predicted molar refractivity (Wildman–Crippen MR) is 415 cm³/mol. The maximum atomic E-state index is 13.8. The second-order valence-electron chi connectivity index (χ2n) is 28.2. The zero-order valence-electron chi connectivity index (χ0n) is 59.2. The number of aliphatic hydroxyl groups is 6. The van der Waals surface area contributed by atoms with Gasteiger partial charge in [-0.2, -0.15) is 0 Å². The zero-order valence-corrected chi connectivity index (χ0v) is 64.8. The van der Waals surface area contributed by atoms with Gasteiger partial charge in [0, 0.05) is 31.2 Å². The number of nitrogens with two attached hydrogens (primary N) is 1. The number of amides is 2. The Kier molecular flexibility index (Phi) is 23.0. The zero-order chi connectivity index (χ0) is 76.5. The first-order valence-electron chi connectivity index (χ1n) is 35.2. The van der Waals surface area contributed by atoms with Gasteiger partial charge in [0.25, 0.3) is 0 Å². The summed E-state index contributed by atoms with van der Waals surface area (Å²) in [5.74, 6) is -6.24. The fourth-order valence-corrected chi connectivity index (χ4v) is 18.4. The van der Waals surface area contributed by atoms with E-state index in [1.165, 1.54) is 58.5 Å². The van der Waals surface area contributed by atoms with Crippen LogP contribution in [0.1, 0.15) is 75.3 Å². The van der Waals surface area contributed by atoms with Crippen LogP contribution in [0, 0.1) is 17.8 Å². The molecule has 0 bridgehead atoms. The summed E-state index contributed by atoms with van der Waals surface area (Å²) in [6, 6.07) is 49.6. The van der Waals surface area contributed by atoms with Gasteiger partial charge >= 0.3 is 5.97 Å². The van der Waals surface area contributed by atoms with Crippen molar-refractivity contribution in [2.75, 3.05) is 61.0 Å². The van der Waals surface area contributed by atoms with Crippen LogP contribution in [0.15, 0.2) is 214 Å². The molecular weight excluding hydrogens is 1650 g/mol. The molecule has 15 atom stereocenters. The molecule has 3 saturated heterocycles. The molecule has 29 heteroatoms. The van der Waals surface area contributed by atoms with Crippen molar-refractivity contribution < 1.29 is 92.8 Å². The van der Waals surface area contributed by atoms with Gasteiger partial charge in [-0.3, -0.25) is 29.3 Å². The van der Waals surface area contributed by atoms with Gasteiger partial charge in [0.2, 0.25) is 11.8 Å². The third-order valence-electron chi connectivity index (χ3n) is 22.5. The highest BCUT2D eigenvalue weighted by Crippen LogP contribution is 2.73. The van der Waals surface area contributed by atoms with Crippen LogP contribution in [-0.4, -0.2) is 166 Å². The number of aliphatic carboxylic acids is 1. The van der Waals surface area contributed by atoms with Crippen molar-refractivity contribution in [3.05, 3.63) is 264 Å². The van der Waals surface area contributed by atoms with Crippen LogP contribution in [-0.2, 0) is 62.2 Å². The van der Waals surface area contributed by atoms with E-state index < -0.39 is 93.4 Å². The van der Waals surface area contributed by atoms with Gasteiger partial charge in [-0.05, 0) is 69.8 Å². The van der Waals surface area contributed by atoms with E-state index in [0.717, 1.165) is 37.8 Å². The summed E-state index contributed by atoms with van der Waals surface area (Å²) in [7, 11) is 4.36. The number of benzene rings is 6. The second-order valence-corrected chi connectivity index (χ2v) is 30.9. The fraction of sp³-hybridized carbons (Fsp3) is 0.341. The molecule has 9 aliphatic rings. The highest BCUT2D eigenvalue weighted by atomic mass is 79.9. The molecule has 2 amide bonds. The van der Waals surface area contributed by atoms with Gasteiger partial charge in [0.05, 0.1) is 151 Å². The van der Waals surface area contributed by atoms with Crippen molar-refractivity contribution >= 4 is 78.0 Å². The van der Waals surface area contributed by atoms with E-state index in [0.29, 0.717) is 66.2 Å². The summed E-state index contributed by atoms with van der Waals surface area (Å²) >= 11 is 10.4. The summed E-state index contributed by atoms with van der Waals surface area (Å²) in [5.41, 5.74) is -1.04. The Hall–Kier alpha value is -8.69. The first-order chi connectivity index (χ1) is 52.6. The Morgan fingerprint density at radius 1 is 0.432 bits per heavy atom. The number of aromatic nitrogens is 3. The predicted octanol–water partition coefficient (Wildman–Crippen LogP) is 8.82. The summed E-state index contributed by atoms with van der Waals surface area (Å²) in [5, 5.41) is 89.3. The first kappa shape index (κ1) is 80.4. The van der Waals surface area contributed by atoms with Crippen LogP contribution in [0.5, 0.6) is 34.5 Å². The lowest BCUT2D eigenvalue weighted by molar-refractivity contribution is -0.159. The average molecular weight is 1730 g/mol. The molecule has 6 aromatic carbocycles. The van der Waals surface area contributed by atoms with Crippen LogP contribution in [0.3, 0.4) is 0 Å². The average Bonchev–Trinajstić information content (AvgIpc) is 1.51. The molecule has 25 nitrogen and oxygen atoms in total. The van der Waals surface area contributed by atoms with Crippen molar-refractivity contribution in [1.29, 1.82) is 0 Å². The van der Waals surface area contributed by atoms with Crippen molar-refractivity contribution in [3.63, 3.8) is 0 Å². The number of carboxylic acids is 1. The largest absolute Gasteiger partial charge is 0.495 e. The quantitative estimate of drug-likeness (QED) is 0.0486. The van der Waals surface area contributed by atoms with Crippen molar-refractivity contribution in [3.8, 4) is 34.5 Å². The minimum atomic E-state index is -2.12. The minimum absolute atomic E-state index is 0. The Balaban J connectivity index is 0.000000140. The number of methoxy groups -OCH3 is 3. The number of pyridine rings is 3. The molecule has 0 radical (unpaired) electrons. The number of hydrogen-bond donors (Lipinski definition) is 10. The van der Waals surface area contributed by atoms with Gasteiger partial charge in [-0.25, -0.2) is 0 Å². The van der Waals surface area contributed by atoms with Crippen molar-refractivity contribution in [2.45, 2.75) is 95.2 Å². The maximum Gasteiger partial charge on any atom is 0.310 e. The summed E-state index contributed by atoms with van der Waals surface area (Å²) in [6.07, 6.45) is 4.08. The van der Waals surface area contributed by atoms with E-state index in [9.17, 15) is 50.1 Å². The highest BCUT2D eigenvalue weighted by molar-refractivity contribution is 9.11. The first-order valence-corrected chi connectivity index (χ1v) is 37.6. The Labute approximate surface area is 670 Å². The number of carbonyl (C=O) groups is 3. The number of carbonyl (C=O) groups excluding carboxylic acids is 2. The highest BCUT2D eigenvalue weighted by Gasteiger charge is 2.81. The van der Waals surface area contributed by atoms with E-state index in [1.807, 2.05) is 115 Å². The van der Waals surface area contributed by atoms with Crippen LogP contribution in [0.4, 0.5) is 0 Å². The standard InChI is InChI=1S/2C27H25BrN2O6.C24H20BrNO6.C3H7NO.CH4.ClH/c2*1-34-19-11-29-12-20-23(19)26(33)24(31)21(25(32)30-18-13-35-14-18)22(15-5-3-2-4-6-15)27(26,36-20)16-7-9-17(28)10-8-16;1-31-16-11-26-12-17-20(16)23(30)21(27)18(22(28)29)19(13-5-3-2-4-6-13)24(23,32-17)14-7-9-15(25)10-8-14;4-3-1-5-2-3;;/h2*2-12,18,21-22,24,31,33H,13-14H2,1H3,(H,30,32);2-12,18-19,21,27,30H,1H3,(H,28,29);3H,1-2,4H2;1H4;1H/t2*21-,22-,24-,26+,27+;18-,19-,21-,23+,24+;;;/m111.../s1. The summed E-state index contributed by atoms with van der Waals surface area (Å²) in [4.78, 5) is 52.6. The van der Waals surface area contributed by atoms with Crippen LogP contribution < -0.4 is 44.8 Å². The van der Waals surface area contributed by atoms with Gasteiger partial charge in [0.1, 0.15) is 52.8 Å². The number of ether oxygens (including phenoxy) is 9. The van der Waals surface area contributed by atoms with Gasteiger partial charge < -0.3 is 94.7 Å². The number of rotatable bonds is 14. The molecule has 9 heterocycles. The molecule has 3 saturated carbocycles. The SMILES string of the molecule is C.COc1cncc2c1[C@]1(O)[C@H](O)[C@H](C(=O)NC3COC3)[C@@H](c3ccccc3)[C@]1(c1ccc(Br)cc1)O2.COc1cncc2c1[C@]1(O)[C@H](O)[C@H](C(=O)NC3COC3)[C@@H](c3ccccc3)[C@]1(c1ccc(Br)cc1)O2.COc1cncc2c1[C@]1(O)[C@H](O)[C@H](C(=O)O)[C@@H](c3ccccc3)[C@]1(c1ccc(Br)cc1)O2.Cl.NC1COC1. The van der Waals surface area contributed by atoms with E-state index in [2.05, 4.69) is 73.4 Å². The molecule has 0 unspecified atom stereocenters. The molecule has 6 aliphatic heterocycles. The molecular formula is C82H82Br3ClN6O19. The molecule has 0 spiro atoms. The normalized spacial score (nSPS) is 29.8. The van der Waals surface area contributed by atoms with Gasteiger partial charge in [0.15, 0.2) is 33.6 Å². The lowest BCUT2D eigenvalue weighted by atomic mass is 9.70. The molecule has 6 fully saturated rings. The fourth-order valence-electron chi connectivity index (χ4n) is 17.6. The number of carboxylic acid groups (broad SMARTS) is 1. The smallest absolute Gasteiger partial charge is 0.310 e. The molecule has 9 aromatic rings. The molecule has 111 heavy (non-hydrogen) atoms. The number of nitrogens with one attached hydrogen (secondary N) is 2. The topological polar surface area (TPSA) is 365 Å². The number of nitrogens with zero attached hydrogens (tertiary/aromatic N) is 3. The molecule has 18 rings (SSSR count). The van der Waals surface area contributed by atoms with E-state index in [1.54, 1.807) is 48.5 Å². The monoisotopic (exact) mass is 1730 g/mol. The lowest BCUT2D eigenvalue weighted by Gasteiger charge is -2.40. The minimum Gasteiger partial charge on any atom is -0.495 e. The Morgan fingerprint density at radius 2 is 0.694 bits per heavy atom. The molecule has 582 valence electrons. The number of fused-ring (bicyclic) bond motifs is 9. The third kappa shape index (κ3) is 12.6. The van der Waals surface area contributed by atoms with E-state index in [4.69, 9.17) is 48.4 Å². The number of hydrogen-bond acceptors (Lipinski definition) is 22. The van der Waals surface area contributed by atoms with Crippen molar-refractivity contribution in [1.82, 2.24) is 25.6 Å². The molecule has 3 aliphatic carbocycles.